The lowest BCUT2D eigenvalue weighted by Crippen LogP contribution is -2.15. The van der Waals surface area contributed by atoms with Crippen molar-refractivity contribution in [3.63, 3.8) is 0 Å². The van der Waals surface area contributed by atoms with Crippen molar-refractivity contribution in [1.29, 1.82) is 0 Å². The molecule has 0 aliphatic carbocycles. The first-order chi connectivity index (χ1) is 13.6. The summed E-state index contributed by atoms with van der Waals surface area (Å²) < 4.78 is 20.3. The normalized spacial score (nSPS) is 10.8. The van der Waals surface area contributed by atoms with Gasteiger partial charge in [-0.15, -0.1) is 10.2 Å². The Morgan fingerprint density at radius 2 is 2.07 bits per heavy atom. The van der Waals surface area contributed by atoms with E-state index in [1.807, 2.05) is 16.7 Å². The number of halogens is 2. The number of carbonyl (C=O) groups excluding carboxylic acids is 1. The summed E-state index contributed by atoms with van der Waals surface area (Å²) in [5, 5.41) is 11.7. The number of carbonyl (C=O) groups is 1. The molecule has 146 valence electrons. The lowest BCUT2D eigenvalue weighted by molar-refractivity contribution is -0.113. The predicted molar refractivity (Wildman–Crippen MR) is 106 cm³/mol. The van der Waals surface area contributed by atoms with Crippen LogP contribution in [0.15, 0.2) is 47.9 Å². The smallest absolute Gasteiger partial charge is 0.234 e. The maximum atomic E-state index is 13.2. The zero-order valence-electron chi connectivity index (χ0n) is 14.9. The van der Waals surface area contributed by atoms with E-state index in [1.54, 1.807) is 19.5 Å². The van der Waals surface area contributed by atoms with Gasteiger partial charge in [0.1, 0.15) is 5.82 Å². The standard InChI is InChI=1S/C18H17ClFN5O2S/c1-27-9-8-25-17(12-4-6-21-7-5-12)23-24-18(25)28-11-16(26)22-13-2-3-15(20)14(19)10-13/h2-7,10H,8-9,11H2,1H3,(H,22,26). The van der Waals surface area contributed by atoms with Gasteiger partial charge in [0, 0.05) is 30.8 Å². The molecule has 0 bridgehead atoms. The summed E-state index contributed by atoms with van der Waals surface area (Å²) in [4.78, 5) is 16.2. The summed E-state index contributed by atoms with van der Waals surface area (Å²) in [5.41, 5.74) is 1.30. The fraction of sp³-hybridized carbons (Fsp3) is 0.222. The molecule has 1 N–H and O–H groups in total. The molecule has 0 aliphatic rings. The van der Waals surface area contributed by atoms with Crippen LogP contribution < -0.4 is 5.32 Å². The van der Waals surface area contributed by atoms with Gasteiger partial charge < -0.3 is 10.1 Å². The van der Waals surface area contributed by atoms with Crippen LogP contribution in [0.5, 0.6) is 0 Å². The van der Waals surface area contributed by atoms with Crippen LogP contribution in [0.4, 0.5) is 10.1 Å². The van der Waals surface area contributed by atoms with Crippen LogP contribution in [0.1, 0.15) is 0 Å². The van der Waals surface area contributed by atoms with Crippen LogP contribution in [-0.4, -0.2) is 45.1 Å². The molecule has 0 spiro atoms. The van der Waals surface area contributed by atoms with Crippen LogP contribution in [0.3, 0.4) is 0 Å². The third-order valence-corrected chi connectivity index (χ3v) is 4.97. The van der Waals surface area contributed by atoms with Crippen LogP contribution in [0.2, 0.25) is 5.02 Å². The Morgan fingerprint density at radius 3 is 2.79 bits per heavy atom. The number of hydrogen-bond acceptors (Lipinski definition) is 6. The lowest BCUT2D eigenvalue weighted by atomic mass is 10.2. The molecular formula is C18H17ClFN5O2S. The van der Waals surface area contributed by atoms with Crippen molar-refractivity contribution in [3.05, 3.63) is 53.6 Å². The van der Waals surface area contributed by atoms with E-state index in [-0.39, 0.29) is 16.7 Å². The molecule has 3 aromatic rings. The van der Waals surface area contributed by atoms with Crippen molar-refractivity contribution in [2.75, 3.05) is 24.8 Å². The molecule has 1 amide bonds. The van der Waals surface area contributed by atoms with Crippen molar-refractivity contribution in [2.24, 2.45) is 0 Å². The second-order valence-corrected chi connectivity index (χ2v) is 7.00. The molecular weight excluding hydrogens is 405 g/mol. The number of aromatic nitrogens is 4. The molecule has 2 aromatic heterocycles. The Morgan fingerprint density at radius 1 is 1.29 bits per heavy atom. The van der Waals surface area contributed by atoms with Crippen molar-refractivity contribution in [3.8, 4) is 11.4 Å². The first kappa shape index (κ1) is 20.2. The number of benzene rings is 1. The zero-order valence-corrected chi connectivity index (χ0v) is 16.5. The highest BCUT2D eigenvalue weighted by Gasteiger charge is 2.16. The van der Waals surface area contributed by atoms with Gasteiger partial charge in [-0.3, -0.25) is 14.3 Å². The minimum atomic E-state index is -0.538. The highest BCUT2D eigenvalue weighted by molar-refractivity contribution is 7.99. The van der Waals surface area contributed by atoms with E-state index >= 15 is 0 Å². The SMILES string of the molecule is COCCn1c(SCC(=O)Nc2ccc(F)c(Cl)c2)nnc1-c1ccncc1. The second kappa shape index (κ2) is 9.63. The average molecular weight is 422 g/mol. The monoisotopic (exact) mass is 421 g/mol. The van der Waals surface area contributed by atoms with Crippen LogP contribution in [-0.2, 0) is 16.1 Å². The molecule has 0 aliphatic heterocycles. The van der Waals surface area contributed by atoms with Gasteiger partial charge in [-0.1, -0.05) is 23.4 Å². The number of methoxy groups -OCH3 is 1. The van der Waals surface area contributed by atoms with Crippen LogP contribution in [0.25, 0.3) is 11.4 Å². The summed E-state index contributed by atoms with van der Waals surface area (Å²) in [6.45, 7) is 1.02. The number of pyridine rings is 1. The minimum Gasteiger partial charge on any atom is -0.383 e. The fourth-order valence-electron chi connectivity index (χ4n) is 2.40. The van der Waals surface area contributed by atoms with E-state index in [9.17, 15) is 9.18 Å². The maximum Gasteiger partial charge on any atom is 0.234 e. The van der Waals surface area contributed by atoms with Gasteiger partial charge >= 0.3 is 0 Å². The molecule has 0 saturated heterocycles. The number of nitrogens with one attached hydrogen (secondary N) is 1. The molecule has 1 aromatic carbocycles. The Kier molecular flexibility index (Phi) is 6.96. The van der Waals surface area contributed by atoms with Gasteiger partial charge in [-0.05, 0) is 30.3 Å². The summed E-state index contributed by atoms with van der Waals surface area (Å²) >= 11 is 6.98. The molecule has 0 saturated carbocycles. The third kappa shape index (κ3) is 5.06. The molecule has 0 fully saturated rings. The van der Waals surface area contributed by atoms with Gasteiger partial charge in [-0.25, -0.2) is 4.39 Å². The third-order valence-electron chi connectivity index (χ3n) is 3.71. The fourth-order valence-corrected chi connectivity index (χ4v) is 3.34. The molecule has 2 heterocycles. The van der Waals surface area contributed by atoms with Crippen molar-refractivity contribution in [2.45, 2.75) is 11.7 Å². The Labute approximate surface area is 170 Å². The van der Waals surface area contributed by atoms with Crippen LogP contribution in [0, 0.1) is 5.82 Å². The predicted octanol–water partition coefficient (Wildman–Crippen LogP) is 3.51. The van der Waals surface area contributed by atoms with Crippen molar-refractivity contribution in [1.82, 2.24) is 19.7 Å². The van der Waals surface area contributed by atoms with E-state index in [0.29, 0.717) is 29.8 Å². The second-order valence-electron chi connectivity index (χ2n) is 5.65. The molecule has 28 heavy (non-hydrogen) atoms. The van der Waals surface area contributed by atoms with Gasteiger partial charge in [0.2, 0.25) is 5.91 Å². The molecule has 3 rings (SSSR count). The Bertz CT molecular complexity index is 954. The number of amides is 1. The number of hydrogen-bond donors (Lipinski definition) is 1. The molecule has 0 radical (unpaired) electrons. The maximum absolute atomic E-state index is 13.2. The molecule has 0 unspecified atom stereocenters. The topological polar surface area (TPSA) is 81.9 Å². The van der Waals surface area contributed by atoms with Crippen molar-refractivity contribution < 1.29 is 13.9 Å². The summed E-state index contributed by atoms with van der Waals surface area (Å²) in [5.74, 6) is -0.0211. The largest absolute Gasteiger partial charge is 0.383 e. The summed E-state index contributed by atoms with van der Waals surface area (Å²) in [6, 6.07) is 7.70. The van der Waals surface area contributed by atoms with Gasteiger partial charge in [0.15, 0.2) is 11.0 Å². The van der Waals surface area contributed by atoms with Gasteiger partial charge in [-0.2, -0.15) is 0 Å². The molecule has 0 atom stereocenters. The first-order valence-electron chi connectivity index (χ1n) is 8.28. The quantitative estimate of drug-likeness (QED) is 0.560. The van der Waals surface area contributed by atoms with E-state index in [1.165, 1.54) is 30.0 Å². The molecule has 10 heteroatoms. The van der Waals surface area contributed by atoms with Crippen molar-refractivity contribution >= 4 is 35.0 Å². The summed E-state index contributed by atoms with van der Waals surface area (Å²) in [6.07, 6.45) is 3.36. The van der Waals surface area contributed by atoms with Crippen LogP contribution >= 0.6 is 23.4 Å². The van der Waals surface area contributed by atoms with E-state index in [0.717, 1.165) is 5.56 Å². The van der Waals surface area contributed by atoms with E-state index < -0.39 is 5.82 Å². The van der Waals surface area contributed by atoms with E-state index in [4.69, 9.17) is 16.3 Å². The first-order valence-corrected chi connectivity index (χ1v) is 9.65. The van der Waals surface area contributed by atoms with E-state index in [2.05, 4.69) is 20.5 Å². The van der Waals surface area contributed by atoms with Gasteiger partial charge in [0.05, 0.1) is 23.9 Å². The number of rotatable bonds is 8. The average Bonchev–Trinajstić information content (AvgIpc) is 3.11. The number of ether oxygens (including phenoxy) is 1. The number of nitrogens with zero attached hydrogens (tertiary/aromatic N) is 4. The number of thioether (sulfide) groups is 1. The summed E-state index contributed by atoms with van der Waals surface area (Å²) in [7, 11) is 1.62. The highest BCUT2D eigenvalue weighted by atomic mass is 35.5. The number of anilines is 1. The minimum absolute atomic E-state index is 0.0493. The Hall–Kier alpha value is -2.49. The lowest BCUT2D eigenvalue weighted by Gasteiger charge is -2.10. The zero-order chi connectivity index (χ0) is 19.9. The molecule has 7 nitrogen and oxygen atoms in total. The Balaban J connectivity index is 1.70. The highest BCUT2D eigenvalue weighted by Crippen LogP contribution is 2.24. The van der Waals surface area contributed by atoms with Gasteiger partial charge in [0.25, 0.3) is 0 Å².